The summed E-state index contributed by atoms with van der Waals surface area (Å²) < 4.78 is 5.61. The van der Waals surface area contributed by atoms with Gasteiger partial charge in [0.25, 0.3) is 5.91 Å². The van der Waals surface area contributed by atoms with Crippen LogP contribution in [-0.4, -0.2) is 61.8 Å². The van der Waals surface area contributed by atoms with E-state index in [0.29, 0.717) is 13.2 Å². The van der Waals surface area contributed by atoms with Crippen molar-refractivity contribution in [3.8, 4) is 0 Å². The Balaban J connectivity index is 1.61. The molecule has 1 aliphatic carbocycles. The van der Waals surface area contributed by atoms with E-state index in [9.17, 15) is 4.79 Å². The summed E-state index contributed by atoms with van der Waals surface area (Å²) in [6.07, 6.45) is 8.31. The highest BCUT2D eigenvalue weighted by Crippen LogP contribution is 2.30. The van der Waals surface area contributed by atoms with Crippen LogP contribution in [0.15, 0.2) is 0 Å². The van der Waals surface area contributed by atoms with Gasteiger partial charge in [-0.2, -0.15) is 0 Å². The topological polar surface area (TPSA) is 53.6 Å². The van der Waals surface area contributed by atoms with Crippen molar-refractivity contribution in [2.75, 3.05) is 39.3 Å². The number of nitrogens with zero attached hydrogens (tertiary/aromatic N) is 1. The molecule has 1 atom stereocenters. The zero-order chi connectivity index (χ0) is 14.5. The van der Waals surface area contributed by atoms with Crippen LogP contribution in [0, 0.1) is 0 Å². The van der Waals surface area contributed by atoms with Gasteiger partial charge in [-0.05, 0) is 38.8 Å². The fraction of sp³-hybridized carbons (Fsp3) is 0.938. The van der Waals surface area contributed by atoms with E-state index in [1.165, 1.54) is 45.2 Å². The fourth-order valence-corrected chi connectivity index (χ4v) is 4.00. The van der Waals surface area contributed by atoms with E-state index in [1.54, 1.807) is 0 Å². The van der Waals surface area contributed by atoms with Crippen LogP contribution in [0.25, 0.3) is 0 Å². The third-order valence-electron chi connectivity index (χ3n) is 5.14. The van der Waals surface area contributed by atoms with Gasteiger partial charge < -0.3 is 20.3 Å². The smallest absolute Gasteiger partial charge is 0.250 e. The summed E-state index contributed by atoms with van der Waals surface area (Å²) in [5.41, 5.74) is -0.0134. The van der Waals surface area contributed by atoms with Crippen LogP contribution in [0.5, 0.6) is 0 Å². The van der Waals surface area contributed by atoms with Crippen molar-refractivity contribution in [1.29, 1.82) is 0 Å². The minimum absolute atomic E-state index is 0.0134. The van der Waals surface area contributed by atoms with Crippen molar-refractivity contribution in [3.05, 3.63) is 0 Å². The Bertz CT molecular complexity index is 343. The number of amides is 1. The van der Waals surface area contributed by atoms with Crippen molar-refractivity contribution in [1.82, 2.24) is 15.5 Å². The highest BCUT2D eigenvalue weighted by molar-refractivity contribution is 5.82. The summed E-state index contributed by atoms with van der Waals surface area (Å²) in [4.78, 5) is 15.1. The molecule has 0 aromatic heterocycles. The van der Waals surface area contributed by atoms with Gasteiger partial charge in [0.15, 0.2) is 0 Å². The van der Waals surface area contributed by atoms with Crippen LogP contribution >= 0.6 is 0 Å². The van der Waals surface area contributed by atoms with Crippen LogP contribution in [-0.2, 0) is 9.53 Å². The Hall–Kier alpha value is -0.650. The molecule has 21 heavy (non-hydrogen) atoms. The molecule has 2 saturated heterocycles. The van der Waals surface area contributed by atoms with Gasteiger partial charge in [-0.15, -0.1) is 0 Å². The molecule has 3 fully saturated rings. The molecule has 5 nitrogen and oxygen atoms in total. The number of hydrogen-bond donors (Lipinski definition) is 2. The van der Waals surface area contributed by atoms with Crippen molar-refractivity contribution in [2.45, 2.75) is 56.6 Å². The van der Waals surface area contributed by atoms with Crippen LogP contribution in [0.1, 0.15) is 44.9 Å². The number of carbonyl (C=O) groups is 1. The highest BCUT2D eigenvalue weighted by atomic mass is 16.5. The Morgan fingerprint density at radius 2 is 1.95 bits per heavy atom. The van der Waals surface area contributed by atoms with Crippen molar-refractivity contribution in [3.63, 3.8) is 0 Å². The second-order valence-electron chi connectivity index (χ2n) is 6.88. The first-order valence-corrected chi connectivity index (χ1v) is 8.64. The minimum atomic E-state index is -0.309. The molecule has 2 N–H and O–H groups in total. The molecule has 0 unspecified atom stereocenters. The standard InChI is InChI=1S/C16H29N3O2/c20-15(14-12-17-8-11-21-14)18-16(6-2-1-3-7-16)13-19-9-4-5-10-19/h14,17H,1-13H2,(H,18,20)/t14-/m1/s1. The van der Waals surface area contributed by atoms with E-state index in [2.05, 4.69) is 15.5 Å². The van der Waals surface area contributed by atoms with Gasteiger partial charge in [0.05, 0.1) is 12.1 Å². The number of carbonyl (C=O) groups excluding carboxylic acids is 1. The van der Waals surface area contributed by atoms with E-state index in [-0.39, 0.29) is 17.6 Å². The monoisotopic (exact) mass is 295 g/mol. The van der Waals surface area contributed by atoms with Gasteiger partial charge >= 0.3 is 0 Å². The van der Waals surface area contributed by atoms with Crippen molar-refractivity contribution < 1.29 is 9.53 Å². The lowest BCUT2D eigenvalue weighted by molar-refractivity contribution is -0.137. The molecule has 1 saturated carbocycles. The van der Waals surface area contributed by atoms with Gasteiger partial charge in [-0.1, -0.05) is 19.3 Å². The molecule has 0 bridgehead atoms. The normalized spacial score (nSPS) is 30.2. The van der Waals surface area contributed by atoms with Crippen LogP contribution < -0.4 is 10.6 Å². The third-order valence-corrected chi connectivity index (χ3v) is 5.14. The molecule has 2 aliphatic heterocycles. The lowest BCUT2D eigenvalue weighted by atomic mass is 9.81. The maximum Gasteiger partial charge on any atom is 0.250 e. The minimum Gasteiger partial charge on any atom is -0.366 e. The zero-order valence-electron chi connectivity index (χ0n) is 13.0. The maximum atomic E-state index is 12.6. The molecule has 5 heteroatoms. The fourth-order valence-electron chi connectivity index (χ4n) is 4.00. The van der Waals surface area contributed by atoms with E-state index < -0.39 is 0 Å². The van der Waals surface area contributed by atoms with E-state index >= 15 is 0 Å². The van der Waals surface area contributed by atoms with Crippen LogP contribution in [0.4, 0.5) is 0 Å². The number of rotatable bonds is 4. The quantitative estimate of drug-likeness (QED) is 0.809. The molecule has 2 heterocycles. The summed E-state index contributed by atoms with van der Waals surface area (Å²) in [5.74, 6) is 0.0864. The summed E-state index contributed by atoms with van der Waals surface area (Å²) in [7, 11) is 0. The summed E-state index contributed by atoms with van der Waals surface area (Å²) in [6, 6.07) is 0. The molecule has 0 radical (unpaired) electrons. The number of nitrogens with one attached hydrogen (secondary N) is 2. The summed E-state index contributed by atoms with van der Waals surface area (Å²) in [6.45, 7) is 5.54. The van der Waals surface area contributed by atoms with Gasteiger partial charge in [0, 0.05) is 19.6 Å². The first-order chi connectivity index (χ1) is 10.3. The first-order valence-electron chi connectivity index (χ1n) is 8.64. The summed E-state index contributed by atoms with van der Waals surface area (Å²) >= 11 is 0. The average Bonchev–Trinajstić information content (AvgIpc) is 3.01. The third kappa shape index (κ3) is 3.96. The molecule has 1 amide bonds. The molecule has 0 aromatic carbocycles. The van der Waals surface area contributed by atoms with Gasteiger partial charge in [-0.25, -0.2) is 0 Å². The van der Waals surface area contributed by atoms with Gasteiger partial charge in [-0.3, -0.25) is 4.79 Å². The predicted octanol–water partition coefficient (Wildman–Crippen LogP) is 0.890. The molecule has 120 valence electrons. The Morgan fingerprint density at radius 3 is 2.62 bits per heavy atom. The second kappa shape index (κ2) is 7.07. The number of morpholine rings is 1. The van der Waals surface area contributed by atoms with Crippen LogP contribution in [0.3, 0.4) is 0 Å². The van der Waals surface area contributed by atoms with E-state index in [4.69, 9.17) is 4.74 Å². The predicted molar refractivity (Wildman–Crippen MR) is 82.2 cm³/mol. The lowest BCUT2D eigenvalue weighted by Gasteiger charge is -2.42. The molecule has 3 rings (SSSR count). The van der Waals surface area contributed by atoms with E-state index in [1.807, 2.05) is 0 Å². The van der Waals surface area contributed by atoms with Crippen molar-refractivity contribution >= 4 is 5.91 Å². The molecular formula is C16H29N3O2. The maximum absolute atomic E-state index is 12.6. The van der Waals surface area contributed by atoms with Gasteiger partial charge in [0.2, 0.25) is 0 Å². The van der Waals surface area contributed by atoms with E-state index in [0.717, 1.165) is 25.9 Å². The Labute approximate surface area is 127 Å². The van der Waals surface area contributed by atoms with Crippen molar-refractivity contribution in [2.24, 2.45) is 0 Å². The SMILES string of the molecule is O=C(NC1(CN2CCCC2)CCCCC1)[C@H]1CNCCO1. The van der Waals surface area contributed by atoms with Crippen LogP contribution in [0.2, 0.25) is 0 Å². The molecule has 3 aliphatic rings. The van der Waals surface area contributed by atoms with Gasteiger partial charge in [0.1, 0.15) is 6.10 Å². The zero-order valence-corrected chi connectivity index (χ0v) is 13.0. The molecular weight excluding hydrogens is 266 g/mol. The number of hydrogen-bond acceptors (Lipinski definition) is 4. The number of ether oxygens (including phenoxy) is 1. The lowest BCUT2D eigenvalue weighted by Crippen LogP contribution is -2.60. The molecule has 0 spiro atoms. The second-order valence-corrected chi connectivity index (χ2v) is 6.88. The Morgan fingerprint density at radius 1 is 1.19 bits per heavy atom. The first kappa shape index (κ1) is 15.3. The Kier molecular flexibility index (Phi) is 5.14. The summed E-state index contributed by atoms with van der Waals surface area (Å²) in [5, 5.41) is 6.63. The number of likely N-dealkylation sites (tertiary alicyclic amines) is 1. The highest BCUT2D eigenvalue weighted by Gasteiger charge is 2.37. The average molecular weight is 295 g/mol. The molecule has 0 aromatic rings. The largest absolute Gasteiger partial charge is 0.366 e.